The van der Waals surface area contributed by atoms with Gasteiger partial charge < -0.3 is 33.2 Å². The number of unbranched alkanes of at least 4 members (excludes halogenated alkanes) is 3. The number of benzene rings is 5. The molecule has 0 unspecified atom stereocenters. The fraction of sp³-hybridized carbons (Fsp3) is 0.353. The van der Waals surface area contributed by atoms with Crippen LogP contribution in [0.25, 0.3) is 21.0 Å². The number of nitrogens with zero attached hydrogens (tertiary/aromatic N) is 3. The van der Waals surface area contributed by atoms with Crippen molar-refractivity contribution in [2.45, 2.75) is 65.7 Å². The molecule has 65 heavy (non-hydrogen) atoms. The Labute approximate surface area is 383 Å². The molecule has 1 amide bonds. The van der Waals surface area contributed by atoms with E-state index in [4.69, 9.17) is 43.2 Å². The Balaban J connectivity index is 1.08. The van der Waals surface area contributed by atoms with Crippen molar-refractivity contribution in [3.63, 3.8) is 0 Å². The molecular formula is C51H55N3O10S. The Kier molecular flexibility index (Phi) is 15.8. The molecule has 0 N–H and O–H groups in total. The number of amides is 1. The largest absolute Gasteiger partial charge is 0.493 e. The van der Waals surface area contributed by atoms with Gasteiger partial charge in [0.15, 0.2) is 23.0 Å². The molecule has 0 radical (unpaired) electrons. The molecule has 1 aromatic heterocycles. The third-order valence-electron chi connectivity index (χ3n) is 11.3. The van der Waals surface area contributed by atoms with Crippen molar-refractivity contribution in [2.75, 3.05) is 52.3 Å². The number of methoxy groups -OCH3 is 2. The van der Waals surface area contributed by atoms with Gasteiger partial charge in [0.25, 0.3) is 0 Å². The van der Waals surface area contributed by atoms with Gasteiger partial charge in [-0.2, -0.15) is 10.1 Å². The highest BCUT2D eigenvalue weighted by Gasteiger charge is 2.36. The van der Waals surface area contributed by atoms with Gasteiger partial charge in [0.05, 0.1) is 68.2 Å². The lowest BCUT2D eigenvalue weighted by molar-refractivity contribution is -0.150. The minimum Gasteiger partial charge on any atom is -0.493 e. The van der Waals surface area contributed by atoms with Crippen molar-refractivity contribution >= 4 is 61.5 Å². The summed E-state index contributed by atoms with van der Waals surface area (Å²) in [6.07, 6.45) is 7.44. The second-order valence-electron chi connectivity index (χ2n) is 16.0. The quantitative estimate of drug-likeness (QED) is 0.0211. The number of anilines is 1. The van der Waals surface area contributed by atoms with E-state index in [0.717, 1.165) is 85.1 Å². The number of hydrazone groups is 1. The molecule has 7 rings (SSSR count). The maximum absolute atomic E-state index is 13.7. The van der Waals surface area contributed by atoms with Crippen LogP contribution in [0.1, 0.15) is 90.6 Å². The second kappa shape index (κ2) is 22.0. The zero-order valence-corrected chi connectivity index (χ0v) is 38.4. The lowest BCUT2D eigenvalue weighted by atomic mass is 9.84. The van der Waals surface area contributed by atoms with Gasteiger partial charge in [0.1, 0.15) is 5.75 Å². The first-order valence-corrected chi connectivity index (χ1v) is 22.8. The molecule has 0 saturated carbocycles. The van der Waals surface area contributed by atoms with Crippen LogP contribution >= 0.6 is 11.3 Å². The summed E-state index contributed by atoms with van der Waals surface area (Å²) in [6.45, 7) is 9.56. The van der Waals surface area contributed by atoms with Crippen LogP contribution in [0.5, 0.6) is 28.7 Å². The average Bonchev–Trinajstić information content (AvgIpc) is 3.74. The number of esters is 2. The number of carbonyl (C=O) groups is 3. The fourth-order valence-electron chi connectivity index (χ4n) is 7.29. The van der Waals surface area contributed by atoms with E-state index in [1.807, 2.05) is 62.4 Å². The number of fused-ring (bicyclic) bond motifs is 2. The Morgan fingerprint density at radius 1 is 0.785 bits per heavy atom. The van der Waals surface area contributed by atoms with E-state index in [1.165, 1.54) is 48.8 Å². The third-order valence-corrected chi connectivity index (χ3v) is 12.3. The highest BCUT2D eigenvalue weighted by molar-refractivity contribution is 7.22. The molecule has 0 bridgehead atoms. The normalized spacial score (nSPS) is 13.1. The molecule has 5 aromatic carbocycles. The van der Waals surface area contributed by atoms with E-state index >= 15 is 0 Å². The Hall–Kier alpha value is -6.35. The van der Waals surface area contributed by atoms with Crippen molar-refractivity contribution < 1.29 is 47.5 Å². The van der Waals surface area contributed by atoms with Gasteiger partial charge in [-0.15, -0.1) is 0 Å². The zero-order chi connectivity index (χ0) is 45.8. The van der Waals surface area contributed by atoms with Crippen molar-refractivity contribution in [3.8, 4) is 28.7 Å². The molecule has 340 valence electrons. The SMILES string of the molecule is CCCC(=O)N(/N=C/c1c(OCCCCCCOCC2(CC)COC2)ccc2cc(C(=O)Oc3ccc(C(=O)Oc4ccc(C)cc4OC)cc3OC)ccc12)c1nc2ccccc2s1. The average molecular weight is 902 g/mol. The minimum atomic E-state index is -0.639. The molecule has 1 saturated heterocycles. The van der Waals surface area contributed by atoms with E-state index in [1.54, 1.807) is 30.5 Å². The highest BCUT2D eigenvalue weighted by Crippen LogP contribution is 2.35. The van der Waals surface area contributed by atoms with Gasteiger partial charge in [-0.3, -0.25) is 4.79 Å². The standard InChI is InChI=1S/C51H55N3O10S/c1-6-14-47(55)54(50-53-40-15-10-11-16-46(40)65-50)52-30-39-38-21-18-36(28-35(38)19-23-41(39)62-26-13-9-8-12-25-60-31-51(7-2)32-61-33-51)48(56)64-43-24-20-37(29-45(43)59-5)49(57)63-42-22-17-34(3)27-44(42)58-4/h10-11,15-24,27-30H,6-9,12-14,25-26,31-33H2,1-5H3/b52-30+. The number of hydrogen-bond acceptors (Lipinski definition) is 13. The number of aryl methyl sites for hydroxylation is 1. The summed E-state index contributed by atoms with van der Waals surface area (Å²) in [6, 6.07) is 26.3. The number of thiazole rings is 1. The minimum absolute atomic E-state index is 0.117. The van der Waals surface area contributed by atoms with Gasteiger partial charge in [0, 0.05) is 24.0 Å². The number of carbonyl (C=O) groups excluding carboxylic acids is 3. The maximum atomic E-state index is 13.7. The topological polar surface area (TPSA) is 144 Å². The summed E-state index contributed by atoms with van der Waals surface area (Å²) >= 11 is 1.39. The third kappa shape index (κ3) is 11.5. The van der Waals surface area contributed by atoms with Crippen LogP contribution in [-0.4, -0.2) is 76.3 Å². The van der Waals surface area contributed by atoms with Gasteiger partial charge in [-0.1, -0.05) is 61.9 Å². The van der Waals surface area contributed by atoms with Gasteiger partial charge in [-0.05, 0) is 116 Å². The fourth-order valence-corrected chi connectivity index (χ4v) is 8.23. The molecule has 14 heteroatoms. The van der Waals surface area contributed by atoms with Crippen LogP contribution in [0.2, 0.25) is 0 Å². The maximum Gasteiger partial charge on any atom is 0.343 e. The predicted molar refractivity (Wildman–Crippen MR) is 253 cm³/mol. The molecule has 0 spiro atoms. The van der Waals surface area contributed by atoms with E-state index in [2.05, 4.69) is 6.92 Å². The second-order valence-corrected chi connectivity index (χ2v) is 17.0. The molecule has 13 nitrogen and oxygen atoms in total. The van der Waals surface area contributed by atoms with Crippen molar-refractivity contribution in [3.05, 3.63) is 113 Å². The smallest absolute Gasteiger partial charge is 0.343 e. The lowest BCUT2D eigenvalue weighted by Gasteiger charge is -2.40. The molecule has 6 aromatic rings. The number of hydrogen-bond donors (Lipinski definition) is 0. The molecule has 2 heterocycles. The van der Waals surface area contributed by atoms with Crippen LogP contribution in [0.15, 0.2) is 96.1 Å². The van der Waals surface area contributed by atoms with Crippen LogP contribution in [-0.2, 0) is 14.3 Å². The van der Waals surface area contributed by atoms with Crippen LogP contribution in [0.3, 0.4) is 0 Å². The van der Waals surface area contributed by atoms with E-state index < -0.39 is 11.9 Å². The van der Waals surface area contributed by atoms with Crippen molar-refractivity contribution in [2.24, 2.45) is 10.5 Å². The summed E-state index contributed by atoms with van der Waals surface area (Å²) in [5, 5.41) is 8.05. The molecular weight excluding hydrogens is 847 g/mol. The monoisotopic (exact) mass is 901 g/mol. The Morgan fingerprint density at radius 3 is 2.15 bits per heavy atom. The number of para-hydroxylation sites is 1. The zero-order valence-electron chi connectivity index (χ0n) is 37.6. The summed E-state index contributed by atoms with van der Waals surface area (Å²) in [5.41, 5.74) is 3.02. The summed E-state index contributed by atoms with van der Waals surface area (Å²) in [4.78, 5) is 45.0. The van der Waals surface area contributed by atoms with Crippen LogP contribution in [0, 0.1) is 12.3 Å². The molecule has 0 aliphatic carbocycles. The highest BCUT2D eigenvalue weighted by atomic mass is 32.1. The van der Waals surface area contributed by atoms with Gasteiger partial charge in [0.2, 0.25) is 11.0 Å². The van der Waals surface area contributed by atoms with Crippen LogP contribution < -0.4 is 28.7 Å². The summed E-state index contributed by atoms with van der Waals surface area (Å²) in [7, 11) is 2.92. The molecule has 1 aliphatic heterocycles. The van der Waals surface area contributed by atoms with Gasteiger partial charge >= 0.3 is 11.9 Å². The van der Waals surface area contributed by atoms with E-state index in [-0.39, 0.29) is 46.1 Å². The summed E-state index contributed by atoms with van der Waals surface area (Å²) < 4.78 is 41.1. The predicted octanol–water partition coefficient (Wildman–Crippen LogP) is 10.8. The molecule has 0 atom stereocenters. The first kappa shape index (κ1) is 46.6. The van der Waals surface area contributed by atoms with E-state index in [9.17, 15) is 14.4 Å². The first-order valence-electron chi connectivity index (χ1n) is 22.0. The lowest BCUT2D eigenvalue weighted by Crippen LogP contribution is -2.45. The van der Waals surface area contributed by atoms with E-state index in [0.29, 0.717) is 35.2 Å². The first-order chi connectivity index (χ1) is 31.6. The van der Waals surface area contributed by atoms with Gasteiger partial charge in [-0.25, -0.2) is 14.6 Å². The Bertz CT molecular complexity index is 2620. The molecule has 1 aliphatic rings. The Morgan fingerprint density at radius 2 is 1.46 bits per heavy atom. The van der Waals surface area contributed by atoms with Crippen LogP contribution in [0.4, 0.5) is 5.13 Å². The number of ether oxygens (including phenoxy) is 7. The number of aromatic nitrogens is 1. The molecule has 1 fully saturated rings. The number of rotatable bonds is 22. The summed E-state index contributed by atoms with van der Waals surface area (Å²) in [5.74, 6) is 0.0992. The van der Waals surface area contributed by atoms with Crippen molar-refractivity contribution in [1.82, 2.24) is 4.98 Å². The van der Waals surface area contributed by atoms with Crippen molar-refractivity contribution in [1.29, 1.82) is 0 Å².